The van der Waals surface area contributed by atoms with Crippen molar-refractivity contribution >= 4 is 28.4 Å². The fourth-order valence-corrected chi connectivity index (χ4v) is 3.82. The minimum Gasteiger partial charge on any atom is -0.496 e. The Labute approximate surface area is 183 Å². The molecule has 0 fully saturated rings. The maximum Gasteiger partial charge on any atom is 0.268 e. The molecule has 0 atom stereocenters. The number of carbonyl (C=O) groups is 1. The van der Waals surface area contributed by atoms with Gasteiger partial charge in [-0.3, -0.25) is 4.79 Å². The predicted molar refractivity (Wildman–Crippen MR) is 119 cm³/mol. The van der Waals surface area contributed by atoms with Crippen molar-refractivity contribution in [3.63, 3.8) is 0 Å². The number of nitrogens with one attached hydrogen (secondary N) is 2. The molecule has 0 bridgehead atoms. The van der Waals surface area contributed by atoms with E-state index in [-0.39, 0.29) is 18.3 Å². The zero-order chi connectivity index (χ0) is 22.0. The number of rotatable bonds is 6. The van der Waals surface area contributed by atoms with Crippen LogP contribution < -0.4 is 14.8 Å². The summed E-state index contributed by atoms with van der Waals surface area (Å²) in [6, 6.07) is 17.1. The third-order valence-electron chi connectivity index (χ3n) is 5.05. The van der Waals surface area contributed by atoms with Crippen molar-refractivity contribution in [3.8, 4) is 22.6 Å². The smallest absolute Gasteiger partial charge is 0.268 e. The molecule has 3 aromatic carbocycles. The van der Waals surface area contributed by atoms with Gasteiger partial charge in [0.15, 0.2) is 0 Å². The molecule has 0 saturated heterocycles. The maximum absolute atomic E-state index is 14.0. The molecule has 0 spiro atoms. The van der Waals surface area contributed by atoms with Crippen LogP contribution in [0.2, 0.25) is 5.02 Å². The average molecular weight is 439 g/mol. The van der Waals surface area contributed by atoms with Gasteiger partial charge in [0.05, 0.1) is 26.3 Å². The Balaban J connectivity index is 1.73. The lowest BCUT2D eigenvalue weighted by atomic mass is 10.0. The monoisotopic (exact) mass is 438 g/mol. The first-order valence-electron chi connectivity index (χ1n) is 9.57. The van der Waals surface area contributed by atoms with Crippen LogP contribution in [0.1, 0.15) is 16.1 Å². The second-order valence-corrected chi connectivity index (χ2v) is 7.34. The summed E-state index contributed by atoms with van der Waals surface area (Å²) in [5, 5.41) is 4.01. The molecule has 0 saturated carbocycles. The fraction of sp³-hybridized carbons (Fsp3) is 0.125. The Hall–Kier alpha value is -3.51. The maximum atomic E-state index is 14.0. The van der Waals surface area contributed by atoms with Gasteiger partial charge in [-0.15, -0.1) is 0 Å². The molecule has 1 amide bonds. The van der Waals surface area contributed by atoms with Gasteiger partial charge in [0.2, 0.25) is 0 Å². The Morgan fingerprint density at radius 3 is 2.35 bits per heavy atom. The molecule has 0 aliphatic carbocycles. The van der Waals surface area contributed by atoms with Gasteiger partial charge >= 0.3 is 0 Å². The number of fused-ring (bicyclic) bond motifs is 1. The zero-order valence-electron chi connectivity index (χ0n) is 17.0. The van der Waals surface area contributed by atoms with Crippen LogP contribution in [-0.2, 0) is 6.54 Å². The van der Waals surface area contributed by atoms with Crippen LogP contribution in [0.4, 0.5) is 4.39 Å². The first kappa shape index (κ1) is 20.8. The predicted octanol–water partition coefficient (Wildman–Crippen LogP) is 5.57. The zero-order valence-corrected chi connectivity index (χ0v) is 17.7. The molecule has 158 valence electrons. The molecule has 0 aliphatic heterocycles. The number of aromatic amines is 1. The third-order valence-corrected chi connectivity index (χ3v) is 5.27. The van der Waals surface area contributed by atoms with E-state index in [1.165, 1.54) is 26.4 Å². The van der Waals surface area contributed by atoms with E-state index in [0.29, 0.717) is 44.2 Å². The highest BCUT2D eigenvalue weighted by atomic mass is 35.5. The van der Waals surface area contributed by atoms with E-state index >= 15 is 0 Å². The Morgan fingerprint density at radius 2 is 1.71 bits per heavy atom. The normalized spacial score (nSPS) is 10.8. The Morgan fingerprint density at radius 1 is 1.03 bits per heavy atom. The summed E-state index contributed by atoms with van der Waals surface area (Å²) < 4.78 is 24.7. The number of hydrogen-bond acceptors (Lipinski definition) is 3. The SMILES string of the molecule is COc1cc(Cl)cc(OC)c1CNC(=O)c1[nH]c2ccc(F)cc2c1-c1ccccc1. The van der Waals surface area contributed by atoms with Gasteiger partial charge in [-0.25, -0.2) is 4.39 Å². The molecule has 0 radical (unpaired) electrons. The highest BCUT2D eigenvalue weighted by Crippen LogP contribution is 2.34. The second-order valence-electron chi connectivity index (χ2n) is 6.90. The quantitative estimate of drug-likeness (QED) is 0.413. The van der Waals surface area contributed by atoms with Gasteiger partial charge in [0.25, 0.3) is 5.91 Å². The van der Waals surface area contributed by atoms with Gasteiger partial charge in [-0.1, -0.05) is 41.9 Å². The number of aromatic nitrogens is 1. The number of ether oxygens (including phenoxy) is 2. The van der Waals surface area contributed by atoms with Crippen molar-refractivity contribution < 1.29 is 18.7 Å². The Kier molecular flexibility index (Phi) is 5.82. The minimum absolute atomic E-state index is 0.153. The molecular formula is C24H20ClFN2O3. The van der Waals surface area contributed by atoms with E-state index in [4.69, 9.17) is 21.1 Å². The fourth-order valence-electron chi connectivity index (χ4n) is 3.62. The molecule has 31 heavy (non-hydrogen) atoms. The molecule has 0 unspecified atom stereocenters. The number of H-pyrrole nitrogens is 1. The van der Waals surface area contributed by atoms with Crippen molar-refractivity contribution in [1.82, 2.24) is 10.3 Å². The van der Waals surface area contributed by atoms with E-state index in [2.05, 4.69) is 10.3 Å². The van der Waals surface area contributed by atoms with E-state index in [0.717, 1.165) is 5.56 Å². The summed E-state index contributed by atoms with van der Waals surface area (Å²) in [6.45, 7) is 0.153. The van der Waals surface area contributed by atoms with Crippen molar-refractivity contribution in [2.45, 2.75) is 6.54 Å². The molecule has 1 heterocycles. The van der Waals surface area contributed by atoms with E-state index in [1.807, 2.05) is 30.3 Å². The van der Waals surface area contributed by atoms with E-state index in [9.17, 15) is 9.18 Å². The van der Waals surface area contributed by atoms with Crippen molar-refractivity contribution in [2.24, 2.45) is 0 Å². The van der Waals surface area contributed by atoms with Crippen LogP contribution in [0.25, 0.3) is 22.0 Å². The van der Waals surface area contributed by atoms with E-state index < -0.39 is 0 Å². The summed E-state index contributed by atoms with van der Waals surface area (Å²) in [4.78, 5) is 16.3. The minimum atomic E-state index is -0.369. The third kappa shape index (κ3) is 4.07. The van der Waals surface area contributed by atoms with Crippen LogP contribution >= 0.6 is 11.6 Å². The molecule has 2 N–H and O–H groups in total. The van der Waals surface area contributed by atoms with Crippen LogP contribution in [0.5, 0.6) is 11.5 Å². The first-order chi connectivity index (χ1) is 15.0. The summed E-state index contributed by atoms with van der Waals surface area (Å²) in [7, 11) is 3.05. The molecule has 5 nitrogen and oxygen atoms in total. The van der Waals surface area contributed by atoms with Crippen molar-refractivity contribution in [3.05, 3.63) is 82.8 Å². The summed E-state index contributed by atoms with van der Waals surface area (Å²) in [5.74, 6) is 0.305. The summed E-state index contributed by atoms with van der Waals surface area (Å²) in [6.07, 6.45) is 0. The average Bonchev–Trinajstić information content (AvgIpc) is 3.16. The van der Waals surface area contributed by atoms with Crippen LogP contribution in [0, 0.1) is 5.82 Å². The highest BCUT2D eigenvalue weighted by Gasteiger charge is 2.21. The lowest BCUT2D eigenvalue weighted by Crippen LogP contribution is -2.24. The molecule has 4 rings (SSSR count). The number of hydrogen-bond donors (Lipinski definition) is 2. The van der Waals surface area contributed by atoms with Crippen molar-refractivity contribution in [1.29, 1.82) is 0 Å². The first-order valence-corrected chi connectivity index (χ1v) is 9.95. The topological polar surface area (TPSA) is 63.4 Å². The largest absolute Gasteiger partial charge is 0.496 e. The summed E-state index contributed by atoms with van der Waals surface area (Å²) >= 11 is 6.10. The van der Waals surface area contributed by atoms with Gasteiger partial charge < -0.3 is 19.8 Å². The van der Waals surface area contributed by atoms with Gasteiger partial charge in [-0.05, 0) is 35.9 Å². The number of carbonyl (C=O) groups excluding carboxylic acids is 1. The number of methoxy groups -OCH3 is 2. The van der Waals surface area contributed by atoms with Crippen LogP contribution in [0.3, 0.4) is 0 Å². The second kappa shape index (κ2) is 8.70. The van der Waals surface area contributed by atoms with Gasteiger partial charge in [0, 0.05) is 21.5 Å². The van der Waals surface area contributed by atoms with Crippen LogP contribution in [-0.4, -0.2) is 25.1 Å². The molecular weight excluding hydrogens is 419 g/mol. The molecule has 4 aromatic rings. The molecule has 0 aliphatic rings. The lowest BCUT2D eigenvalue weighted by Gasteiger charge is -2.14. The number of benzene rings is 3. The number of amides is 1. The number of halogens is 2. The lowest BCUT2D eigenvalue weighted by molar-refractivity contribution is 0.0947. The van der Waals surface area contributed by atoms with Crippen molar-refractivity contribution in [2.75, 3.05) is 14.2 Å². The summed E-state index contributed by atoms with van der Waals surface area (Å²) in [5.41, 5.74) is 3.13. The van der Waals surface area contributed by atoms with Gasteiger partial charge in [-0.2, -0.15) is 0 Å². The highest BCUT2D eigenvalue weighted by molar-refractivity contribution is 6.30. The van der Waals surface area contributed by atoms with E-state index in [1.54, 1.807) is 18.2 Å². The van der Waals surface area contributed by atoms with Gasteiger partial charge in [0.1, 0.15) is 23.0 Å². The Bertz CT molecular complexity index is 1230. The van der Waals surface area contributed by atoms with Crippen LogP contribution in [0.15, 0.2) is 60.7 Å². The molecule has 1 aromatic heterocycles. The molecule has 7 heteroatoms. The standard InChI is InChI=1S/C24H20ClFN2O3/c1-30-20-10-15(25)11-21(31-2)18(20)13-27-24(29)23-22(14-6-4-3-5-7-14)17-12-16(26)8-9-19(17)28-23/h3-12,28H,13H2,1-2H3,(H,27,29).